The number of nitrogens with one attached hydrogen (secondary N) is 5. The van der Waals surface area contributed by atoms with Crippen LogP contribution in [-0.4, -0.2) is 119 Å². The van der Waals surface area contributed by atoms with E-state index in [4.69, 9.17) is 21.2 Å². The number of carbonyl (C=O) groups excluding carboxylic acids is 3. The standard InChI is InChI=1S/C30H60BN6O8S.4Ac/c1-31(44)37-19-11-7-13-22(32)29(43)36-18-9-3-6-15-24(39)34-16-8-2-5-14-25(40)35-17-10-4-12-20-46-30-26(33)28(42)27(41)23(21-38)45-30;;;;/h22-23,26-28,30,33,37-38,41-42,44H,2-21,32H2,1H3,(H,34,39)(H,35,40)(H,36,43);;;;/q-1;;;;/t22?,23?,26?,27-,28?,30-;;;;/m0..../s1. The Hall–Kier alpha value is 4.27. The van der Waals surface area contributed by atoms with Gasteiger partial charge < -0.3 is 57.7 Å². The van der Waals surface area contributed by atoms with Gasteiger partial charge in [0, 0.05) is 209 Å². The Morgan fingerprint density at radius 3 is 1.80 bits per heavy atom. The molecule has 1 aliphatic rings. The van der Waals surface area contributed by atoms with Crippen LogP contribution >= 0.6 is 11.8 Å². The number of unbranched alkanes of at least 4 members (excludes halogenated alkanes) is 7. The first kappa shape index (κ1) is 60.9. The van der Waals surface area contributed by atoms with E-state index in [1.165, 1.54) is 11.8 Å². The molecule has 0 aliphatic carbocycles. The second-order valence-electron chi connectivity index (χ2n) is 12.0. The van der Waals surface area contributed by atoms with Crippen molar-refractivity contribution in [2.24, 2.45) is 5.73 Å². The Kier molecular flexibility index (Phi) is 48.8. The van der Waals surface area contributed by atoms with Crippen molar-refractivity contribution in [3.05, 3.63) is 5.73 Å². The maximum atomic E-state index is 12.1. The second-order valence-corrected chi connectivity index (χ2v) is 13.2. The molecule has 1 saturated heterocycles. The largest absolute Gasteiger partial charge is 0.670 e. The molecule has 1 rings (SSSR count). The molecule has 0 aromatic heterocycles. The van der Waals surface area contributed by atoms with Crippen LogP contribution in [-0.2, 0) is 19.1 Å². The molecule has 6 atom stereocenters. The molecule has 4 unspecified atom stereocenters. The molecule has 1 aliphatic heterocycles. The first-order chi connectivity index (χ1) is 22.1. The van der Waals surface area contributed by atoms with Gasteiger partial charge in [-0.25, -0.2) is 0 Å². The number of hydrogen-bond donors (Lipinski definition) is 9. The number of amides is 3. The topological polar surface area (TPSA) is 239 Å². The Labute approximate surface area is 447 Å². The van der Waals surface area contributed by atoms with Gasteiger partial charge >= 0.3 is 7.05 Å². The van der Waals surface area contributed by atoms with Gasteiger partial charge in [-0.3, -0.25) is 14.4 Å². The molecule has 14 nitrogen and oxygen atoms in total. The summed E-state index contributed by atoms with van der Waals surface area (Å²) in [7, 11) is -0.533. The summed E-state index contributed by atoms with van der Waals surface area (Å²) < 4.78 is 5.54. The zero-order chi connectivity index (χ0) is 34.2. The molecular weight excluding hydrogens is 1520 g/mol. The van der Waals surface area contributed by atoms with Crippen molar-refractivity contribution in [3.63, 3.8) is 0 Å². The molecule has 4 radical (unpaired) electrons. The summed E-state index contributed by atoms with van der Waals surface area (Å²) in [5.74, 6) is 0.602. The number of aliphatic hydroxyl groups excluding tert-OH is 3. The molecule has 11 N–H and O–H groups in total. The van der Waals surface area contributed by atoms with E-state index < -0.39 is 49.5 Å². The fraction of sp³-hybridized carbons (Fsp3) is 0.900. The van der Waals surface area contributed by atoms with E-state index in [1.807, 2.05) is 0 Å². The smallest absolute Gasteiger partial charge is 0.373 e. The van der Waals surface area contributed by atoms with Crippen LogP contribution in [0, 0.1) is 176 Å². The van der Waals surface area contributed by atoms with Crippen molar-refractivity contribution in [3.8, 4) is 0 Å². The van der Waals surface area contributed by atoms with Crippen molar-refractivity contribution < 1.29 is 216 Å². The summed E-state index contributed by atoms with van der Waals surface area (Å²) in [4.78, 5) is 36.1. The van der Waals surface area contributed by atoms with Gasteiger partial charge in [0.25, 0.3) is 0 Å². The van der Waals surface area contributed by atoms with Gasteiger partial charge in [0.1, 0.15) is 12.2 Å². The van der Waals surface area contributed by atoms with E-state index in [2.05, 4.69) is 21.2 Å². The van der Waals surface area contributed by atoms with Crippen molar-refractivity contribution in [1.82, 2.24) is 21.2 Å². The molecule has 3 amide bonds. The third-order valence-electron chi connectivity index (χ3n) is 7.81. The SMILES string of the molecule is CB(O)NCCCCC(N)C(=O)NCCCCCC(=O)NCCCCCC(=O)NCCCCCS[C@@H]1OC(CO)[C@H](O)C(O)C1[NH-].[Ac].[Ac].[Ac].[Ac]. The number of rotatable bonds is 27. The van der Waals surface area contributed by atoms with Crippen LogP contribution in [0.1, 0.15) is 89.9 Å². The fourth-order valence-corrected chi connectivity index (χ4v) is 6.10. The van der Waals surface area contributed by atoms with Crippen molar-refractivity contribution in [2.75, 3.05) is 38.5 Å². The molecule has 20 heteroatoms. The van der Waals surface area contributed by atoms with Gasteiger partial charge in [-0.05, 0) is 70.5 Å². The number of nitrogens with two attached hydrogens (primary N) is 1. The Morgan fingerprint density at radius 2 is 1.28 bits per heavy atom. The van der Waals surface area contributed by atoms with Gasteiger partial charge in [0.15, 0.2) is 0 Å². The van der Waals surface area contributed by atoms with Crippen molar-refractivity contribution in [2.45, 2.75) is 133 Å². The van der Waals surface area contributed by atoms with E-state index in [9.17, 15) is 29.7 Å². The molecule has 0 aromatic carbocycles. The number of carbonyl (C=O) groups is 3. The van der Waals surface area contributed by atoms with Crippen LogP contribution in [0.5, 0.6) is 0 Å². The fourth-order valence-electron chi connectivity index (χ4n) is 4.91. The second kappa shape index (κ2) is 40.1. The van der Waals surface area contributed by atoms with Crippen LogP contribution in [0.2, 0.25) is 6.82 Å². The number of aliphatic hydroxyl groups is 3. The maximum Gasteiger partial charge on any atom is 0.373 e. The maximum absolute atomic E-state index is 12.1. The van der Waals surface area contributed by atoms with E-state index in [0.29, 0.717) is 51.2 Å². The van der Waals surface area contributed by atoms with E-state index in [0.717, 1.165) is 70.6 Å². The Morgan fingerprint density at radius 1 is 0.780 bits per heavy atom. The van der Waals surface area contributed by atoms with Crippen molar-refractivity contribution in [1.29, 1.82) is 0 Å². The molecule has 280 valence electrons. The van der Waals surface area contributed by atoms with E-state index in [1.54, 1.807) is 6.82 Å². The first-order valence-electron chi connectivity index (χ1n) is 17.0. The van der Waals surface area contributed by atoms with Gasteiger partial charge in [-0.2, -0.15) is 0 Å². The van der Waals surface area contributed by atoms with E-state index in [-0.39, 0.29) is 194 Å². The molecule has 50 heavy (non-hydrogen) atoms. The van der Waals surface area contributed by atoms with Crippen LogP contribution in [0.3, 0.4) is 0 Å². The minimum Gasteiger partial charge on any atom is -0.670 e. The average Bonchev–Trinajstić information content (AvgIpc) is 3.03. The minimum atomic E-state index is -1.26. The van der Waals surface area contributed by atoms with Crippen LogP contribution in [0.4, 0.5) is 0 Å². The summed E-state index contributed by atoms with van der Waals surface area (Å²) >= 11 is 1.40. The predicted octanol–water partition coefficient (Wildman–Crippen LogP) is 0.417. The monoisotopic (exact) mass is 1580 g/mol. The normalized spacial score (nSPS) is 20.1. The summed E-state index contributed by atoms with van der Waals surface area (Å²) in [5.41, 5.74) is 13.3. The Bertz CT molecular complexity index is 854. The van der Waals surface area contributed by atoms with Crippen LogP contribution in [0.15, 0.2) is 0 Å². The number of hydrogen-bond acceptors (Lipinski definition) is 11. The molecule has 1 heterocycles. The van der Waals surface area contributed by atoms with Gasteiger partial charge in [0.05, 0.1) is 24.2 Å². The zero-order valence-electron chi connectivity index (χ0n) is 29.9. The minimum absolute atomic E-state index is 0. The van der Waals surface area contributed by atoms with Crippen molar-refractivity contribution >= 4 is 36.5 Å². The molecule has 0 spiro atoms. The summed E-state index contributed by atoms with van der Waals surface area (Å²) in [5, 5.41) is 49.8. The molecule has 0 saturated carbocycles. The van der Waals surface area contributed by atoms with Gasteiger partial charge in [-0.1, -0.05) is 31.7 Å². The number of ether oxygens (including phenoxy) is 1. The predicted molar refractivity (Wildman–Crippen MR) is 182 cm³/mol. The average molecular weight is 1580 g/mol. The van der Waals surface area contributed by atoms with Crippen LogP contribution < -0.4 is 26.9 Å². The van der Waals surface area contributed by atoms with Crippen LogP contribution in [0.25, 0.3) is 5.73 Å². The molecule has 0 bridgehead atoms. The summed E-state index contributed by atoms with van der Waals surface area (Å²) in [6.45, 7) is 3.68. The Balaban J connectivity index is -0.00000264. The molecular formula is C30H60Ac4BN6O8S-. The quantitative estimate of drug-likeness (QED) is 0.0404. The summed E-state index contributed by atoms with van der Waals surface area (Å²) in [6, 6.07) is -1.50. The van der Waals surface area contributed by atoms with Gasteiger partial charge in [-0.15, -0.1) is 11.8 Å². The first-order valence-corrected chi connectivity index (χ1v) is 18.0. The van der Waals surface area contributed by atoms with E-state index >= 15 is 0 Å². The van der Waals surface area contributed by atoms with Gasteiger partial charge in [0.2, 0.25) is 17.7 Å². The molecule has 1 fully saturated rings. The number of thioether (sulfide) groups is 1. The summed E-state index contributed by atoms with van der Waals surface area (Å²) in [6.07, 6.45) is 7.20. The molecule has 0 aromatic rings. The third-order valence-corrected chi connectivity index (χ3v) is 9.06. The third kappa shape index (κ3) is 31.3. The zero-order valence-corrected chi connectivity index (χ0v) is 49.7.